The van der Waals surface area contributed by atoms with Crippen LogP contribution in [-0.2, 0) is 5.75 Å². The minimum Gasteiger partial charge on any atom is -0.461 e. The molecule has 5 rings (SSSR count). The summed E-state index contributed by atoms with van der Waals surface area (Å²) >= 11 is 3.25. The lowest BCUT2D eigenvalue weighted by atomic mass is 9.95. The van der Waals surface area contributed by atoms with Crippen LogP contribution in [0.25, 0.3) is 22.2 Å². The summed E-state index contributed by atoms with van der Waals surface area (Å²) < 4.78 is 7.89. The summed E-state index contributed by atoms with van der Waals surface area (Å²) in [5, 5.41) is 12.9. The van der Waals surface area contributed by atoms with E-state index in [0.29, 0.717) is 17.4 Å². The van der Waals surface area contributed by atoms with Gasteiger partial charge in [-0.3, -0.25) is 9.36 Å². The fourth-order valence-electron chi connectivity index (χ4n) is 4.04. The molecule has 0 spiro atoms. The van der Waals surface area contributed by atoms with Crippen molar-refractivity contribution in [3.05, 3.63) is 59.3 Å². The van der Waals surface area contributed by atoms with Crippen molar-refractivity contribution in [2.75, 3.05) is 0 Å². The fraction of sp³-hybridized carbons (Fsp3) is 0.304. The van der Waals surface area contributed by atoms with Gasteiger partial charge in [0.25, 0.3) is 0 Å². The van der Waals surface area contributed by atoms with E-state index >= 15 is 0 Å². The van der Waals surface area contributed by atoms with Crippen LogP contribution in [0.4, 0.5) is 0 Å². The summed E-state index contributed by atoms with van der Waals surface area (Å²) in [6, 6.07) is 11.4. The Balaban J connectivity index is 1.34. The van der Waals surface area contributed by atoms with Crippen molar-refractivity contribution in [2.24, 2.45) is 5.73 Å². The number of hydrogen-bond acceptors (Lipinski definition) is 7. The first-order valence-corrected chi connectivity index (χ1v) is 12.5. The van der Waals surface area contributed by atoms with Gasteiger partial charge in [-0.2, -0.15) is 0 Å². The second kappa shape index (κ2) is 9.30. The minimum absolute atomic E-state index is 0.399. The molecule has 1 saturated carbocycles. The smallest absolute Gasteiger partial charge is 0.248 e. The van der Waals surface area contributed by atoms with Crippen molar-refractivity contribution in [3.8, 4) is 22.2 Å². The monoisotopic (exact) mass is 465 g/mol. The van der Waals surface area contributed by atoms with Crippen molar-refractivity contribution in [1.29, 1.82) is 0 Å². The van der Waals surface area contributed by atoms with Gasteiger partial charge in [-0.05, 0) is 37.1 Å². The van der Waals surface area contributed by atoms with Crippen molar-refractivity contribution in [1.82, 2.24) is 19.7 Å². The van der Waals surface area contributed by atoms with Gasteiger partial charge in [0, 0.05) is 28.3 Å². The molecule has 2 N–H and O–H groups in total. The lowest BCUT2D eigenvalue weighted by Crippen LogP contribution is -2.15. The van der Waals surface area contributed by atoms with E-state index in [1.807, 2.05) is 24.3 Å². The molecule has 0 bridgehead atoms. The summed E-state index contributed by atoms with van der Waals surface area (Å²) in [5.41, 5.74) is 7.79. The van der Waals surface area contributed by atoms with Gasteiger partial charge < -0.3 is 10.2 Å². The molecule has 4 aromatic rings. The molecule has 1 aromatic carbocycles. The molecule has 3 heterocycles. The highest BCUT2D eigenvalue weighted by Gasteiger charge is 2.25. The topological polar surface area (TPSA) is 99.8 Å². The van der Waals surface area contributed by atoms with E-state index in [1.165, 1.54) is 19.3 Å². The molecule has 1 amide bonds. The first kappa shape index (κ1) is 21.0. The average molecular weight is 466 g/mol. The molecule has 1 aliphatic carbocycles. The van der Waals surface area contributed by atoms with Crippen LogP contribution in [0.5, 0.6) is 0 Å². The van der Waals surface area contributed by atoms with Crippen LogP contribution in [0.15, 0.2) is 57.6 Å². The van der Waals surface area contributed by atoms with Crippen molar-refractivity contribution < 1.29 is 9.21 Å². The van der Waals surface area contributed by atoms with Crippen LogP contribution >= 0.6 is 23.1 Å². The number of thioether (sulfide) groups is 1. The molecule has 1 aliphatic rings. The molecule has 0 saturated heterocycles. The van der Waals surface area contributed by atoms with E-state index in [4.69, 9.17) is 15.1 Å². The van der Waals surface area contributed by atoms with E-state index in [0.717, 1.165) is 45.8 Å². The number of nitrogens with two attached hydrogens (primary N) is 1. The van der Waals surface area contributed by atoms with Gasteiger partial charge in [0.05, 0.1) is 12.0 Å². The van der Waals surface area contributed by atoms with Gasteiger partial charge in [-0.1, -0.05) is 43.2 Å². The van der Waals surface area contributed by atoms with Crippen LogP contribution in [0.3, 0.4) is 0 Å². The largest absolute Gasteiger partial charge is 0.461 e. The number of nitrogens with zero attached hydrogens (tertiary/aromatic N) is 4. The Labute approximate surface area is 194 Å². The SMILES string of the molecule is NC(=O)c1ccc(-c2nc(CSc3nnc(-c4ccco4)n3C3CCCCC3)cs2)cc1. The van der Waals surface area contributed by atoms with E-state index in [1.54, 1.807) is 41.5 Å². The third-order valence-corrected chi connectivity index (χ3v) is 7.58. The van der Waals surface area contributed by atoms with Crippen LogP contribution < -0.4 is 5.73 Å². The Bertz CT molecular complexity index is 1190. The van der Waals surface area contributed by atoms with Crippen molar-refractivity contribution >= 4 is 29.0 Å². The molecule has 164 valence electrons. The molecule has 0 aliphatic heterocycles. The third-order valence-electron chi connectivity index (χ3n) is 5.66. The molecule has 0 radical (unpaired) electrons. The standard InChI is InChI=1S/C23H23N5O2S2/c24-20(29)15-8-10-16(11-9-15)22-25-17(13-31-22)14-32-23-27-26-21(19-7-4-12-30-19)28(23)18-5-2-1-3-6-18/h4,7-13,18H,1-3,5-6,14H2,(H2,24,29). The minimum atomic E-state index is -0.427. The van der Waals surface area contributed by atoms with E-state index < -0.39 is 5.91 Å². The lowest BCUT2D eigenvalue weighted by molar-refractivity contribution is 0.100. The number of furan rings is 1. The highest BCUT2D eigenvalue weighted by molar-refractivity contribution is 7.98. The van der Waals surface area contributed by atoms with Crippen LogP contribution in [-0.4, -0.2) is 25.7 Å². The number of carbonyl (C=O) groups excluding carboxylic acids is 1. The molecule has 7 nitrogen and oxygen atoms in total. The average Bonchev–Trinajstić information content (AvgIpc) is 3.59. The Kier molecular flexibility index (Phi) is 6.09. The zero-order valence-electron chi connectivity index (χ0n) is 17.4. The van der Waals surface area contributed by atoms with Gasteiger partial charge in [0.2, 0.25) is 11.7 Å². The zero-order chi connectivity index (χ0) is 21.9. The summed E-state index contributed by atoms with van der Waals surface area (Å²) in [5.74, 6) is 1.84. The second-order valence-electron chi connectivity index (χ2n) is 7.82. The Morgan fingerprint density at radius 2 is 1.97 bits per heavy atom. The first-order valence-electron chi connectivity index (χ1n) is 10.7. The summed E-state index contributed by atoms with van der Waals surface area (Å²) in [6.45, 7) is 0. The molecule has 3 aromatic heterocycles. The maximum absolute atomic E-state index is 11.3. The van der Waals surface area contributed by atoms with E-state index in [2.05, 4.69) is 20.1 Å². The van der Waals surface area contributed by atoms with Gasteiger partial charge in [-0.15, -0.1) is 21.5 Å². The van der Waals surface area contributed by atoms with Crippen molar-refractivity contribution in [2.45, 2.75) is 49.1 Å². The Hall–Kier alpha value is -2.91. The normalized spacial score (nSPS) is 14.6. The highest BCUT2D eigenvalue weighted by Crippen LogP contribution is 2.36. The van der Waals surface area contributed by atoms with Crippen LogP contribution in [0, 0.1) is 0 Å². The van der Waals surface area contributed by atoms with Gasteiger partial charge in [0.15, 0.2) is 10.9 Å². The van der Waals surface area contributed by atoms with Crippen LogP contribution in [0.1, 0.15) is 54.2 Å². The molecule has 9 heteroatoms. The number of aromatic nitrogens is 4. The van der Waals surface area contributed by atoms with Gasteiger partial charge in [-0.25, -0.2) is 4.98 Å². The lowest BCUT2D eigenvalue weighted by Gasteiger charge is -2.25. The number of amides is 1. The van der Waals surface area contributed by atoms with Gasteiger partial charge >= 0.3 is 0 Å². The van der Waals surface area contributed by atoms with Crippen molar-refractivity contribution in [3.63, 3.8) is 0 Å². The summed E-state index contributed by atoms with van der Waals surface area (Å²) in [7, 11) is 0. The Morgan fingerprint density at radius 3 is 2.69 bits per heavy atom. The van der Waals surface area contributed by atoms with Gasteiger partial charge in [0.1, 0.15) is 5.01 Å². The highest BCUT2D eigenvalue weighted by atomic mass is 32.2. The predicted molar refractivity (Wildman–Crippen MR) is 125 cm³/mol. The molecule has 0 unspecified atom stereocenters. The molecule has 1 fully saturated rings. The maximum atomic E-state index is 11.3. The number of thiazole rings is 1. The van der Waals surface area contributed by atoms with E-state index in [9.17, 15) is 4.79 Å². The molecular formula is C23H23N5O2S2. The maximum Gasteiger partial charge on any atom is 0.248 e. The number of carbonyl (C=O) groups is 1. The molecular weight excluding hydrogens is 442 g/mol. The number of benzene rings is 1. The summed E-state index contributed by atoms with van der Waals surface area (Å²) in [4.78, 5) is 16.1. The third kappa shape index (κ3) is 4.35. The zero-order valence-corrected chi connectivity index (χ0v) is 19.1. The predicted octanol–water partition coefficient (Wildman–Crippen LogP) is 5.56. The number of primary amides is 1. The number of rotatable bonds is 7. The number of hydrogen-bond donors (Lipinski definition) is 1. The fourth-order valence-corrected chi connectivity index (χ4v) is 5.87. The second-order valence-corrected chi connectivity index (χ2v) is 9.62. The quantitative estimate of drug-likeness (QED) is 0.359. The summed E-state index contributed by atoms with van der Waals surface area (Å²) in [6.07, 6.45) is 7.71. The first-order chi connectivity index (χ1) is 15.7. The molecule has 0 atom stereocenters. The molecule has 32 heavy (non-hydrogen) atoms. The Morgan fingerprint density at radius 1 is 1.16 bits per heavy atom. The van der Waals surface area contributed by atoms with Crippen LogP contribution in [0.2, 0.25) is 0 Å². The van der Waals surface area contributed by atoms with E-state index in [-0.39, 0.29) is 0 Å².